The number of benzene rings is 2. The number of fused-ring (bicyclic) bond motifs is 1. The zero-order chi connectivity index (χ0) is 21.5. The summed E-state index contributed by atoms with van der Waals surface area (Å²) in [5, 5.41) is 5.33. The normalized spacial score (nSPS) is 11.6. The Kier molecular flexibility index (Phi) is 4.77. The molecule has 4 rings (SSSR count). The molecule has 0 aliphatic rings. The summed E-state index contributed by atoms with van der Waals surface area (Å²) in [5.41, 5.74) is 4.34. The predicted octanol–water partition coefficient (Wildman–Crippen LogP) is 5.08. The molecule has 0 radical (unpaired) electrons. The van der Waals surface area contributed by atoms with Crippen LogP contribution in [0.25, 0.3) is 33.3 Å². The van der Waals surface area contributed by atoms with Crippen molar-refractivity contribution in [1.82, 2.24) is 14.8 Å². The third-order valence-electron chi connectivity index (χ3n) is 4.79. The summed E-state index contributed by atoms with van der Waals surface area (Å²) in [5.74, 6) is -2.57. The fraction of sp³-hybridized carbons (Fsp3) is 0.136. The van der Waals surface area contributed by atoms with Gasteiger partial charge in [0.15, 0.2) is 0 Å². The Morgan fingerprint density at radius 2 is 1.77 bits per heavy atom. The van der Waals surface area contributed by atoms with Gasteiger partial charge in [0.1, 0.15) is 5.75 Å². The summed E-state index contributed by atoms with van der Waals surface area (Å²) in [6.45, 7) is 1.93. The molecule has 152 valence electrons. The number of hydrogen-bond donors (Lipinski definition) is 0. The van der Waals surface area contributed by atoms with Crippen LogP contribution < -0.4 is 4.74 Å². The average molecular weight is 411 g/mol. The van der Waals surface area contributed by atoms with Gasteiger partial charge >= 0.3 is 12.1 Å². The van der Waals surface area contributed by atoms with Crippen LogP contribution in [-0.2, 0) is 11.8 Å². The van der Waals surface area contributed by atoms with Gasteiger partial charge in [0.05, 0.1) is 17.4 Å². The molecule has 2 aromatic carbocycles. The lowest BCUT2D eigenvalue weighted by molar-refractivity contribution is -0.189. The topological polar surface area (TPSA) is 57.0 Å². The molecule has 0 spiro atoms. The molecular weight excluding hydrogens is 395 g/mol. The van der Waals surface area contributed by atoms with Crippen molar-refractivity contribution in [1.29, 1.82) is 0 Å². The number of rotatable bonds is 3. The molecule has 0 aliphatic heterocycles. The lowest BCUT2D eigenvalue weighted by Crippen LogP contribution is -2.28. The van der Waals surface area contributed by atoms with Crippen LogP contribution in [0.4, 0.5) is 13.2 Å². The molecule has 0 unspecified atom stereocenters. The number of nitrogens with zero attached hydrogens (tertiary/aromatic N) is 3. The number of halogens is 3. The molecule has 2 aromatic heterocycles. The van der Waals surface area contributed by atoms with Gasteiger partial charge in [0.2, 0.25) is 0 Å². The maximum Gasteiger partial charge on any atom is 0.491 e. The first kappa shape index (κ1) is 19.6. The van der Waals surface area contributed by atoms with Gasteiger partial charge in [-0.25, -0.2) is 4.79 Å². The van der Waals surface area contributed by atoms with E-state index >= 15 is 0 Å². The minimum atomic E-state index is -5.09. The van der Waals surface area contributed by atoms with Crippen LogP contribution >= 0.6 is 0 Å². The van der Waals surface area contributed by atoms with Crippen molar-refractivity contribution in [2.75, 3.05) is 0 Å². The number of aryl methyl sites for hydroxylation is 2. The van der Waals surface area contributed by atoms with E-state index in [9.17, 15) is 18.0 Å². The molecule has 2 heterocycles. The number of carbonyl (C=O) groups excluding carboxylic acids is 1. The first-order valence-electron chi connectivity index (χ1n) is 9.02. The van der Waals surface area contributed by atoms with Crippen LogP contribution in [0.2, 0.25) is 0 Å². The number of alkyl halides is 3. The lowest BCUT2D eigenvalue weighted by atomic mass is 9.98. The fourth-order valence-electron chi connectivity index (χ4n) is 3.20. The van der Waals surface area contributed by atoms with Crippen LogP contribution in [0.3, 0.4) is 0 Å². The summed E-state index contributed by atoms with van der Waals surface area (Å²) in [7, 11) is 1.84. The minimum Gasteiger partial charge on any atom is -0.418 e. The number of aromatic nitrogens is 3. The number of pyridine rings is 1. The van der Waals surface area contributed by atoms with Crippen molar-refractivity contribution in [2.45, 2.75) is 13.1 Å². The van der Waals surface area contributed by atoms with E-state index in [4.69, 9.17) is 0 Å². The maximum atomic E-state index is 12.6. The molecule has 0 N–H and O–H groups in total. The largest absolute Gasteiger partial charge is 0.491 e. The average Bonchev–Trinajstić information content (AvgIpc) is 3.01. The summed E-state index contributed by atoms with van der Waals surface area (Å²) in [4.78, 5) is 15.6. The molecule has 8 heteroatoms. The number of ether oxygens (including phenoxy) is 1. The van der Waals surface area contributed by atoms with Gasteiger partial charge in [-0.15, -0.1) is 0 Å². The number of hydrogen-bond acceptors (Lipinski definition) is 4. The Bertz CT molecular complexity index is 1250. The highest BCUT2D eigenvalue weighted by Gasteiger charge is 2.41. The standard InChI is InChI=1S/C22H16F3N3O2/c1-13-17-10-15(8-9-19(17)27-28(13)2)18-11-16(30-21(29)22(23,24)25)12-26-20(18)14-6-4-3-5-7-14/h3-12H,1-2H3. The third kappa shape index (κ3) is 3.63. The molecule has 5 nitrogen and oxygen atoms in total. The summed E-state index contributed by atoms with van der Waals surface area (Å²) >= 11 is 0. The number of carbonyl (C=O) groups is 1. The van der Waals surface area contributed by atoms with E-state index in [1.807, 2.05) is 62.5 Å². The van der Waals surface area contributed by atoms with Crippen molar-refractivity contribution in [3.63, 3.8) is 0 Å². The zero-order valence-electron chi connectivity index (χ0n) is 16.1. The van der Waals surface area contributed by atoms with E-state index in [0.717, 1.165) is 33.9 Å². The van der Waals surface area contributed by atoms with E-state index in [0.29, 0.717) is 11.3 Å². The Hall–Kier alpha value is -3.68. The lowest BCUT2D eigenvalue weighted by Gasteiger charge is -2.13. The molecule has 0 saturated heterocycles. The van der Waals surface area contributed by atoms with Gasteiger partial charge in [-0.2, -0.15) is 18.3 Å². The fourth-order valence-corrected chi connectivity index (χ4v) is 3.20. The Labute approximate surface area is 169 Å². The van der Waals surface area contributed by atoms with Gasteiger partial charge < -0.3 is 4.74 Å². The molecule has 0 atom stereocenters. The smallest absolute Gasteiger partial charge is 0.418 e. The monoisotopic (exact) mass is 411 g/mol. The van der Waals surface area contributed by atoms with Gasteiger partial charge in [-0.1, -0.05) is 36.4 Å². The van der Waals surface area contributed by atoms with Crippen LogP contribution in [0, 0.1) is 6.92 Å². The first-order chi connectivity index (χ1) is 14.2. The first-order valence-corrected chi connectivity index (χ1v) is 9.02. The third-order valence-corrected chi connectivity index (χ3v) is 4.79. The molecule has 30 heavy (non-hydrogen) atoms. The molecule has 0 fully saturated rings. The van der Waals surface area contributed by atoms with Crippen molar-refractivity contribution < 1.29 is 22.7 Å². The molecule has 0 aliphatic carbocycles. The van der Waals surface area contributed by atoms with E-state index < -0.39 is 12.1 Å². The molecule has 0 bridgehead atoms. The van der Waals surface area contributed by atoms with Crippen LogP contribution in [0.1, 0.15) is 5.69 Å². The quantitative estimate of drug-likeness (QED) is 0.441. The maximum absolute atomic E-state index is 12.6. The second-order valence-corrected chi connectivity index (χ2v) is 6.76. The van der Waals surface area contributed by atoms with Gasteiger partial charge in [0, 0.05) is 29.3 Å². The van der Waals surface area contributed by atoms with Crippen molar-refractivity contribution in [2.24, 2.45) is 7.05 Å². The van der Waals surface area contributed by atoms with Crippen molar-refractivity contribution >= 4 is 16.9 Å². The second-order valence-electron chi connectivity index (χ2n) is 6.76. The van der Waals surface area contributed by atoms with E-state index in [2.05, 4.69) is 14.8 Å². The Morgan fingerprint density at radius 3 is 2.47 bits per heavy atom. The van der Waals surface area contributed by atoms with Crippen LogP contribution in [0.15, 0.2) is 60.8 Å². The van der Waals surface area contributed by atoms with Crippen molar-refractivity contribution in [3.05, 3.63) is 66.5 Å². The highest BCUT2D eigenvalue weighted by molar-refractivity contribution is 5.90. The van der Waals surface area contributed by atoms with Gasteiger partial charge in [-0.3, -0.25) is 9.67 Å². The highest BCUT2D eigenvalue weighted by atomic mass is 19.4. The van der Waals surface area contributed by atoms with E-state index in [1.165, 1.54) is 6.07 Å². The summed E-state index contributed by atoms with van der Waals surface area (Å²) < 4.78 is 44.1. The molecule has 0 amide bonds. The Balaban J connectivity index is 1.87. The van der Waals surface area contributed by atoms with Gasteiger partial charge in [-0.05, 0) is 30.7 Å². The zero-order valence-corrected chi connectivity index (χ0v) is 16.1. The second kappa shape index (κ2) is 7.29. The van der Waals surface area contributed by atoms with Crippen molar-refractivity contribution in [3.8, 4) is 28.1 Å². The summed E-state index contributed by atoms with van der Waals surface area (Å²) in [6.07, 6.45) is -3.98. The molecule has 4 aromatic rings. The van der Waals surface area contributed by atoms with Crippen LogP contribution in [0.5, 0.6) is 5.75 Å². The SMILES string of the molecule is Cc1c2cc(-c3cc(OC(=O)C(F)(F)F)cnc3-c3ccccc3)ccc2nn1C. The highest BCUT2D eigenvalue weighted by Crippen LogP contribution is 2.35. The number of esters is 1. The van der Waals surface area contributed by atoms with E-state index in [-0.39, 0.29) is 5.75 Å². The Morgan fingerprint density at radius 1 is 1.03 bits per heavy atom. The minimum absolute atomic E-state index is 0.282. The molecule has 0 saturated carbocycles. The van der Waals surface area contributed by atoms with Crippen LogP contribution in [-0.4, -0.2) is 26.9 Å². The molecular formula is C22H16F3N3O2. The summed E-state index contributed by atoms with van der Waals surface area (Å²) in [6, 6.07) is 16.2. The van der Waals surface area contributed by atoms with Gasteiger partial charge in [0.25, 0.3) is 0 Å². The predicted molar refractivity (Wildman–Crippen MR) is 106 cm³/mol. The van der Waals surface area contributed by atoms with E-state index in [1.54, 1.807) is 4.68 Å².